The van der Waals surface area contributed by atoms with Crippen LogP contribution in [0.15, 0.2) is 48.8 Å². The van der Waals surface area contributed by atoms with E-state index in [4.69, 9.17) is 4.74 Å². The van der Waals surface area contributed by atoms with E-state index in [1.807, 2.05) is 23.5 Å². The highest BCUT2D eigenvalue weighted by molar-refractivity contribution is 5.79. The second-order valence-corrected chi connectivity index (χ2v) is 8.85. The second kappa shape index (κ2) is 10.1. The third-order valence-electron chi connectivity index (χ3n) is 6.58. The number of nitrogens with zero attached hydrogens (tertiary/aromatic N) is 3. The Morgan fingerprint density at radius 1 is 1.17 bits per heavy atom. The van der Waals surface area contributed by atoms with Gasteiger partial charge in [0, 0.05) is 37.8 Å². The fraction of sp³-hybridized carbons (Fsp3) is 0.423. The van der Waals surface area contributed by atoms with E-state index in [1.165, 1.54) is 6.07 Å². The first kappa shape index (κ1) is 24.8. The van der Waals surface area contributed by atoms with Gasteiger partial charge in [-0.05, 0) is 49.9 Å². The third kappa shape index (κ3) is 5.33. The number of esters is 1. The lowest BCUT2D eigenvalue weighted by Gasteiger charge is -2.32. The number of hydrogen-bond acceptors (Lipinski definition) is 4. The summed E-state index contributed by atoms with van der Waals surface area (Å²) in [5, 5.41) is 0. The van der Waals surface area contributed by atoms with Crippen LogP contribution in [0.2, 0.25) is 0 Å². The molecule has 1 aliphatic heterocycles. The number of pyridine rings is 1. The van der Waals surface area contributed by atoms with Crippen LogP contribution in [0.5, 0.6) is 0 Å². The minimum absolute atomic E-state index is 0.00683. The van der Waals surface area contributed by atoms with Crippen molar-refractivity contribution in [3.8, 4) is 0 Å². The van der Waals surface area contributed by atoms with E-state index >= 15 is 0 Å². The molecule has 35 heavy (non-hydrogen) atoms. The fourth-order valence-electron chi connectivity index (χ4n) is 4.68. The van der Waals surface area contributed by atoms with Gasteiger partial charge in [0.2, 0.25) is 5.91 Å². The number of piperidine rings is 1. The molecule has 0 N–H and O–H groups in total. The molecular formula is C26H28F3N3O3. The topological polar surface area (TPSA) is 63.9 Å². The summed E-state index contributed by atoms with van der Waals surface area (Å²) in [5.74, 6) is -1.27. The molecule has 2 aromatic heterocycles. The van der Waals surface area contributed by atoms with Crippen molar-refractivity contribution in [1.82, 2.24) is 14.3 Å². The van der Waals surface area contributed by atoms with E-state index in [1.54, 1.807) is 30.3 Å². The number of carbonyl (C=O) groups is 2. The zero-order valence-electron chi connectivity index (χ0n) is 19.7. The molecule has 0 spiro atoms. The number of alkyl halides is 3. The maximum Gasteiger partial charge on any atom is 0.416 e. The van der Waals surface area contributed by atoms with Gasteiger partial charge in [0.25, 0.3) is 0 Å². The van der Waals surface area contributed by atoms with Crippen molar-refractivity contribution >= 4 is 17.5 Å². The van der Waals surface area contributed by atoms with Crippen LogP contribution in [0, 0.1) is 12.8 Å². The van der Waals surface area contributed by atoms with Gasteiger partial charge in [-0.25, -0.2) is 4.98 Å². The van der Waals surface area contributed by atoms with Crippen molar-refractivity contribution in [1.29, 1.82) is 0 Å². The minimum Gasteiger partial charge on any atom is -0.466 e. The predicted molar refractivity (Wildman–Crippen MR) is 124 cm³/mol. The van der Waals surface area contributed by atoms with E-state index in [9.17, 15) is 22.8 Å². The summed E-state index contributed by atoms with van der Waals surface area (Å²) in [6.07, 6.45) is -0.0436. The molecular weight excluding hydrogens is 459 g/mol. The average molecular weight is 488 g/mol. The number of ether oxygens (including phenoxy) is 1. The van der Waals surface area contributed by atoms with Gasteiger partial charge in [0.05, 0.1) is 23.8 Å². The standard InChI is InChI=1S/C26H28F3N3O3/c1-3-35-25(34)18-9-12-31(13-10-18)23(33)15-21(19-7-4-8-20(14-19)26(27,28)29)22-16-30-24-17(2)6-5-11-32(22)24/h4-8,11,14,16,18,21H,3,9-10,12-13,15H2,1-2H3. The molecule has 1 saturated heterocycles. The number of benzene rings is 1. The molecule has 0 aliphatic carbocycles. The molecule has 1 amide bonds. The summed E-state index contributed by atoms with van der Waals surface area (Å²) < 4.78 is 47.3. The number of halogens is 3. The quantitative estimate of drug-likeness (QED) is 0.460. The van der Waals surface area contributed by atoms with E-state index in [2.05, 4.69) is 4.98 Å². The van der Waals surface area contributed by atoms with Crippen LogP contribution >= 0.6 is 0 Å². The van der Waals surface area contributed by atoms with Crippen molar-refractivity contribution in [2.45, 2.75) is 45.2 Å². The molecule has 0 saturated carbocycles. The van der Waals surface area contributed by atoms with Gasteiger partial charge < -0.3 is 14.0 Å². The van der Waals surface area contributed by atoms with E-state index in [0.29, 0.717) is 49.4 Å². The summed E-state index contributed by atoms with van der Waals surface area (Å²) in [6.45, 7) is 4.79. The number of rotatable bonds is 6. The van der Waals surface area contributed by atoms with E-state index < -0.39 is 17.7 Å². The van der Waals surface area contributed by atoms with Gasteiger partial charge in [-0.3, -0.25) is 9.59 Å². The Kier molecular flexibility index (Phi) is 7.14. The Hall–Kier alpha value is -3.36. The summed E-state index contributed by atoms with van der Waals surface area (Å²) in [6, 6.07) is 8.88. The first-order chi connectivity index (χ1) is 16.7. The molecule has 1 fully saturated rings. The van der Waals surface area contributed by atoms with Crippen LogP contribution in [-0.2, 0) is 20.5 Å². The molecule has 4 rings (SSSR count). The van der Waals surface area contributed by atoms with Gasteiger partial charge in [0.15, 0.2) is 0 Å². The van der Waals surface area contributed by atoms with Crippen molar-refractivity contribution in [3.63, 3.8) is 0 Å². The number of fused-ring (bicyclic) bond motifs is 1. The summed E-state index contributed by atoms with van der Waals surface area (Å²) in [5.41, 5.74) is 1.92. The van der Waals surface area contributed by atoms with Crippen molar-refractivity contribution < 1.29 is 27.5 Å². The highest BCUT2D eigenvalue weighted by Gasteiger charge is 2.33. The Balaban J connectivity index is 1.63. The number of amides is 1. The molecule has 9 heteroatoms. The monoisotopic (exact) mass is 487 g/mol. The molecule has 0 radical (unpaired) electrons. The highest BCUT2D eigenvalue weighted by atomic mass is 19.4. The number of likely N-dealkylation sites (tertiary alicyclic amines) is 1. The van der Waals surface area contributed by atoms with Crippen LogP contribution in [0.1, 0.15) is 54.5 Å². The molecule has 1 aliphatic rings. The molecule has 3 aromatic rings. The molecule has 6 nitrogen and oxygen atoms in total. The SMILES string of the molecule is CCOC(=O)C1CCN(C(=O)CC(c2cccc(C(F)(F)F)c2)c2cnc3c(C)cccn23)CC1. The summed E-state index contributed by atoms with van der Waals surface area (Å²) >= 11 is 0. The predicted octanol–water partition coefficient (Wildman–Crippen LogP) is 4.99. The summed E-state index contributed by atoms with van der Waals surface area (Å²) in [4.78, 5) is 31.5. The normalized spacial score (nSPS) is 15.9. The fourth-order valence-corrected chi connectivity index (χ4v) is 4.68. The van der Waals surface area contributed by atoms with Crippen molar-refractivity contribution in [2.75, 3.05) is 19.7 Å². The summed E-state index contributed by atoms with van der Waals surface area (Å²) in [7, 11) is 0. The van der Waals surface area contributed by atoms with Crippen LogP contribution in [0.3, 0.4) is 0 Å². The van der Waals surface area contributed by atoms with Crippen LogP contribution in [-0.4, -0.2) is 45.9 Å². The van der Waals surface area contributed by atoms with Crippen molar-refractivity contribution in [3.05, 3.63) is 71.2 Å². The van der Waals surface area contributed by atoms with Gasteiger partial charge in [-0.1, -0.05) is 24.3 Å². The number of hydrogen-bond donors (Lipinski definition) is 0. The average Bonchev–Trinajstić information content (AvgIpc) is 3.27. The molecule has 186 valence electrons. The number of aromatic nitrogens is 2. The molecule has 0 bridgehead atoms. The zero-order valence-corrected chi connectivity index (χ0v) is 19.7. The lowest BCUT2D eigenvalue weighted by Crippen LogP contribution is -2.41. The minimum atomic E-state index is -4.49. The largest absolute Gasteiger partial charge is 0.466 e. The Labute approximate surface area is 201 Å². The van der Waals surface area contributed by atoms with E-state index in [0.717, 1.165) is 17.7 Å². The Morgan fingerprint density at radius 3 is 2.60 bits per heavy atom. The number of imidazole rings is 1. The lowest BCUT2D eigenvalue weighted by molar-refractivity contribution is -0.151. The van der Waals surface area contributed by atoms with Crippen molar-refractivity contribution in [2.24, 2.45) is 5.92 Å². The first-order valence-corrected chi connectivity index (χ1v) is 11.7. The smallest absolute Gasteiger partial charge is 0.416 e. The Bertz CT molecular complexity index is 1210. The highest BCUT2D eigenvalue weighted by Crippen LogP contribution is 2.35. The third-order valence-corrected chi connectivity index (χ3v) is 6.58. The van der Waals surface area contributed by atoms with Gasteiger partial charge in [-0.2, -0.15) is 13.2 Å². The number of aryl methyl sites for hydroxylation is 1. The molecule has 3 heterocycles. The maximum atomic E-state index is 13.5. The molecule has 1 unspecified atom stereocenters. The van der Waals surface area contributed by atoms with Crippen LogP contribution in [0.25, 0.3) is 5.65 Å². The molecule has 1 atom stereocenters. The zero-order chi connectivity index (χ0) is 25.2. The Morgan fingerprint density at radius 2 is 1.91 bits per heavy atom. The number of carbonyl (C=O) groups excluding carboxylic acids is 2. The van der Waals surface area contributed by atoms with Gasteiger partial charge in [-0.15, -0.1) is 0 Å². The van der Waals surface area contributed by atoms with Gasteiger partial charge >= 0.3 is 12.1 Å². The van der Waals surface area contributed by atoms with Gasteiger partial charge in [0.1, 0.15) is 5.65 Å². The van der Waals surface area contributed by atoms with Crippen LogP contribution < -0.4 is 0 Å². The van der Waals surface area contributed by atoms with Crippen LogP contribution in [0.4, 0.5) is 13.2 Å². The first-order valence-electron chi connectivity index (χ1n) is 11.7. The molecule has 1 aromatic carbocycles. The van der Waals surface area contributed by atoms with E-state index in [-0.39, 0.29) is 24.2 Å². The lowest BCUT2D eigenvalue weighted by atomic mass is 9.90. The second-order valence-electron chi connectivity index (χ2n) is 8.85. The maximum absolute atomic E-state index is 13.5.